The molecule has 1 aliphatic heterocycles. The molecule has 0 saturated carbocycles. The third-order valence-corrected chi connectivity index (χ3v) is 3.37. The summed E-state index contributed by atoms with van der Waals surface area (Å²) < 4.78 is 5.23. The number of anilines is 1. The van der Waals surface area contributed by atoms with Gasteiger partial charge in [0.05, 0.1) is 25.8 Å². The van der Waals surface area contributed by atoms with Gasteiger partial charge in [-0.25, -0.2) is 5.48 Å². The Morgan fingerprint density at radius 1 is 1.45 bits per heavy atom. The van der Waals surface area contributed by atoms with E-state index in [2.05, 4.69) is 10.3 Å². The maximum absolute atomic E-state index is 12.1. The smallest absolute Gasteiger partial charge is 0.248 e. The van der Waals surface area contributed by atoms with Gasteiger partial charge in [0.1, 0.15) is 5.75 Å². The maximum Gasteiger partial charge on any atom is 0.248 e. The fourth-order valence-electron chi connectivity index (χ4n) is 2.17. The zero-order valence-electron chi connectivity index (χ0n) is 11.2. The number of methoxy groups -OCH3 is 1. The van der Waals surface area contributed by atoms with Crippen molar-refractivity contribution < 1.29 is 19.2 Å². The topological polar surface area (TPSA) is 67.9 Å². The monoisotopic (exact) mass is 298 g/mol. The number of carbonyl (C=O) groups excluding carboxylic acids is 2. The molecule has 20 heavy (non-hydrogen) atoms. The van der Waals surface area contributed by atoms with E-state index in [4.69, 9.17) is 16.3 Å². The van der Waals surface area contributed by atoms with Crippen LogP contribution in [0.5, 0.6) is 5.75 Å². The number of hydrogen-bond donors (Lipinski definition) is 1. The Balaban J connectivity index is 2.24. The summed E-state index contributed by atoms with van der Waals surface area (Å²) in [5, 5.41) is 0.499. The highest BCUT2D eigenvalue weighted by Crippen LogP contribution is 2.35. The minimum absolute atomic E-state index is 0.130. The molecule has 1 aromatic rings. The molecule has 1 unspecified atom stereocenters. The summed E-state index contributed by atoms with van der Waals surface area (Å²) in [6.45, 7) is 0.269. The largest absolute Gasteiger partial charge is 0.495 e. The first kappa shape index (κ1) is 14.6. The Bertz CT molecular complexity index is 535. The number of halogens is 1. The third-order valence-electron chi connectivity index (χ3n) is 3.13. The van der Waals surface area contributed by atoms with Crippen LogP contribution >= 0.6 is 11.6 Å². The summed E-state index contributed by atoms with van der Waals surface area (Å²) in [4.78, 5) is 29.9. The van der Waals surface area contributed by atoms with E-state index in [1.165, 1.54) is 19.1 Å². The molecule has 1 heterocycles. The van der Waals surface area contributed by atoms with Crippen LogP contribution in [0.1, 0.15) is 6.42 Å². The number of nitrogens with one attached hydrogen (secondary N) is 1. The first-order valence-corrected chi connectivity index (χ1v) is 6.41. The lowest BCUT2D eigenvalue weighted by Gasteiger charge is -2.19. The van der Waals surface area contributed by atoms with Crippen LogP contribution in [-0.2, 0) is 14.4 Å². The summed E-state index contributed by atoms with van der Waals surface area (Å²) >= 11 is 5.96. The molecule has 6 nitrogen and oxygen atoms in total. The first-order chi connectivity index (χ1) is 9.56. The van der Waals surface area contributed by atoms with Crippen molar-refractivity contribution in [3.05, 3.63) is 23.2 Å². The molecule has 7 heteroatoms. The van der Waals surface area contributed by atoms with Gasteiger partial charge in [-0.15, -0.1) is 0 Å². The quantitative estimate of drug-likeness (QED) is 0.853. The van der Waals surface area contributed by atoms with Gasteiger partial charge in [-0.05, 0) is 18.2 Å². The molecular formula is C13H15ClN2O4. The van der Waals surface area contributed by atoms with E-state index < -0.39 is 5.92 Å². The first-order valence-electron chi connectivity index (χ1n) is 6.03. The minimum atomic E-state index is -0.453. The number of rotatable bonds is 4. The molecule has 108 valence electrons. The fraction of sp³-hybridized carbons (Fsp3) is 0.385. The van der Waals surface area contributed by atoms with Crippen LogP contribution in [0.25, 0.3) is 0 Å². The van der Waals surface area contributed by atoms with Crippen LogP contribution in [-0.4, -0.2) is 32.6 Å². The summed E-state index contributed by atoms with van der Waals surface area (Å²) in [6.07, 6.45) is 0.130. The molecule has 1 aromatic carbocycles. The number of benzene rings is 1. The zero-order valence-corrected chi connectivity index (χ0v) is 11.9. The number of carbonyl (C=O) groups is 2. The highest BCUT2D eigenvalue weighted by molar-refractivity contribution is 6.31. The summed E-state index contributed by atoms with van der Waals surface area (Å²) in [7, 11) is 2.87. The summed E-state index contributed by atoms with van der Waals surface area (Å²) in [5.74, 6) is -0.382. The van der Waals surface area contributed by atoms with E-state index in [1.807, 2.05) is 0 Å². The molecule has 2 amide bonds. The molecule has 0 spiro atoms. The average Bonchev–Trinajstić information content (AvgIpc) is 2.81. The number of amides is 2. The highest BCUT2D eigenvalue weighted by atomic mass is 35.5. The van der Waals surface area contributed by atoms with Gasteiger partial charge in [-0.1, -0.05) is 11.6 Å². The fourth-order valence-corrected chi connectivity index (χ4v) is 2.34. The Morgan fingerprint density at radius 2 is 2.20 bits per heavy atom. The van der Waals surface area contributed by atoms with E-state index >= 15 is 0 Å². The maximum atomic E-state index is 12.1. The minimum Gasteiger partial charge on any atom is -0.495 e. The Hall–Kier alpha value is -1.79. The second-order valence-corrected chi connectivity index (χ2v) is 4.83. The van der Waals surface area contributed by atoms with Crippen LogP contribution < -0.4 is 15.1 Å². The van der Waals surface area contributed by atoms with Gasteiger partial charge < -0.3 is 9.64 Å². The van der Waals surface area contributed by atoms with Crippen molar-refractivity contribution in [1.82, 2.24) is 5.48 Å². The van der Waals surface area contributed by atoms with E-state index in [1.54, 1.807) is 18.2 Å². The number of hydrogen-bond acceptors (Lipinski definition) is 4. The average molecular weight is 299 g/mol. The van der Waals surface area contributed by atoms with Crippen LogP contribution in [0.3, 0.4) is 0 Å². The predicted octanol–water partition coefficient (Wildman–Crippen LogP) is 1.38. The van der Waals surface area contributed by atoms with Gasteiger partial charge in [0.2, 0.25) is 11.8 Å². The molecule has 0 radical (unpaired) electrons. The van der Waals surface area contributed by atoms with Crippen LogP contribution in [0.4, 0.5) is 5.69 Å². The van der Waals surface area contributed by atoms with Gasteiger partial charge in [-0.2, -0.15) is 0 Å². The number of hydroxylamine groups is 1. The Morgan fingerprint density at radius 3 is 2.85 bits per heavy atom. The number of nitrogens with zero attached hydrogens (tertiary/aromatic N) is 1. The molecule has 1 atom stereocenters. The Labute approximate surface area is 121 Å². The molecule has 1 saturated heterocycles. The van der Waals surface area contributed by atoms with Crippen molar-refractivity contribution >= 4 is 29.1 Å². The SMILES string of the molecule is CONC(=O)C1CC(=O)N(c2cc(Cl)ccc2OC)C1. The van der Waals surface area contributed by atoms with Gasteiger partial charge >= 0.3 is 0 Å². The lowest BCUT2D eigenvalue weighted by Crippen LogP contribution is -2.32. The van der Waals surface area contributed by atoms with E-state index in [0.717, 1.165) is 0 Å². The van der Waals surface area contributed by atoms with Gasteiger partial charge in [0.15, 0.2) is 0 Å². The molecule has 2 rings (SSSR count). The van der Waals surface area contributed by atoms with E-state index in [9.17, 15) is 9.59 Å². The van der Waals surface area contributed by atoms with Crippen molar-refractivity contribution in [2.75, 3.05) is 25.7 Å². The zero-order chi connectivity index (χ0) is 14.7. The standard InChI is InChI=1S/C13H15ClN2O4/c1-19-11-4-3-9(14)6-10(11)16-7-8(5-12(16)17)13(18)15-20-2/h3-4,6,8H,5,7H2,1-2H3,(H,15,18). The van der Waals surface area contributed by atoms with Gasteiger partial charge in [0.25, 0.3) is 0 Å². The van der Waals surface area contributed by atoms with Gasteiger partial charge in [0, 0.05) is 18.0 Å². The van der Waals surface area contributed by atoms with Crippen molar-refractivity contribution in [3.8, 4) is 5.75 Å². The lowest BCUT2D eigenvalue weighted by molar-refractivity contribution is -0.135. The molecular weight excluding hydrogens is 284 g/mol. The molecule has 1 fully saturated rings. The normalized spacial score (nSPS) is 18.2. The second kappa shape index (κ2) is 6.11. The number of ether oxygens (including phenoxy) is 1. The van der Waals surface area contributed by atoms with E-state index in [0.29, 0.717) is 16.5 Å². The molecule has 0 aromatic heterocycles. The summed E-state index contributed by atoms with van der Waals surface area (Å²) in [6, 6.07) is 5.02. The van der Waals surface area contributed by atoms with Crippen molar-refractivity contribution in [3.63, 3.8) is 0 Å². The second-order valence-electron chi connectivity index (χ2n) is 4.39. The highest BCUT2D eigenvalue weighted by Gasteiger charge is 2.36. The van der Waals surface area contributed by atoms with Crippen LogP contribution in [0.2, 0.25) is 5.02 Å². The summed E-state index contributed by atoms with van der Waals surface area (Å²) in [5.41, 5.74) is 2.81. The predicted molar refractivity (Wildman–Crippen MR) is 73.6 cm³/mol. The molecule has 1 aliphatic rings. The molecule has 1 N–H and O–H groups in total. The third kappa shape index (κ3) is 2.86. The van der Waals surface area contributed by atoms with Crippen LogP contribution in [0.15, 0.2) is 18.2 Å². The molecule has 0 bridgehead atoms. The van der Waals surface area contributed by atoms with Crippen molar-refractivity contribution in [2.24, 2.45) is 5.92 Å². The Kier molecular flexibility index (Phi) is 4.46. The lowest BCUT2D eigenvalue weighted by atomic mass is 10.1. The van der Waals surface area contributed by atoms with Crippen LogP contribution in [0, 0.1) is 5.92 Å². The van der Waals surface area contributed by atoms with E-state index in [-0.39, 0.29) is 24.8 Å². The van der Waals surface area contributed by atoms with Crippen molar-refractivity contribution in [1.29, 1.82) is 0 Å². The van der Waals surface area contributed by atoms with Crippen molar-refractivity contribution in [2.45, 2.75) is 6.42 Å². The molecule has 0 aliphatic carbocycles. The van der Waals surface area contributed by atoms with Gasteiger partial charge in [-0.3, -0.25) is 14.4 Å².